The highest BCUT2D eigenvalue weighted by molar-refractivity contribution is 5.87. The second-order valence-electron chi connectivity index (χ2n) is 5.77. The topological polar surface area (TPSA) is 99.1 Å². The summed E-state index contributed by atoms with van der Waals surface area (Å²) in [6, 6.07) is 0. The van der Waals surface area contributed by atoms with E-state index in [0.29, 0.717) is 23.3 Å². The number of carbonyl (C=O) groups is 3. The van der Waals surface area contributed by atoms with Crippen LogP contribution in [0, 0.1) is 0 Å². The van der Waals surface area contributed by atoms with Gasteiger partial charge in [0.2, 0.25) is 0 Å². The third-order valence-corrected chi connectivity index (χ3v) is 2.42. The first-order chi connectivity index (χ1) is 12.4. The summed E-state index contributed by atoms with van der Waals surface area (Å²) < 4.78 is 13.7. The van der Waals surface area contributed by atoms with Crippen molar-refractivity contribution in [2.45, 2.75) is 53.6 Å². The average Bonchev–Trinajstić information content (AvgIpc) is 2.59. The maximum Gasteiger partial charge on any atom is 0.333 e. The Balaban J connectivity index is -0.000000326. The summed E-state index contributed by atoms with van der Waals surface area (Å²) in [6.45, 7) is 19.1. The molecule has 0 aliphatic rings. The largest absolute Gasteiger partial charge is 0.466 e. The molecule has 0 saturated carbocycles. The summed E-state index contributed by atoms with van der Waals surface area (Å²) in [5.41, 5.74) is 1.25. The van der Waals surface area contributed by atoms with Crippen LogP contribution in [0.15, 0.2) is 36.5 Å². The first kappa shape index (κ1) is 29.4. The van der Waals surface area contributed by atoms with E-state index in [1.54, 1.807) is 27.7 Å². The molecule has 0 amide bonds. The summed E-state index contributed by atoms with van der Waals surface area (Å²) in [5, 5.41) is 8.68. The van der Waals surface area contributed by atoms with Crippen LogP contribution in [0.2, 0.25) is 0 Å². The molecule has 1 N–H and O–H groups in total. The predicted molar refractivity (Wildman–Crippen MR) is 105 cm³/mol. The zero-order chi connectivity index (χ0) is 22.0. The van der Waals surface area contributed by atoms with Gasteiger partial charge >= 0.3 is 17.9 Å². The number of rotatable bonds is 8. The van der Waals surface area contributed by atoms with Gasteiger partial charge in [-0.25, -0.2) is 14.4 Å². The Morgan fingerprint density at radius 1 is 0.889 bits per heavy atom. The molecule has 0 saturated heterocycles. The lowest BCUT2D eigenvalue weighted by molar-refractivity contribution is -0.141. The zero-order valence-electron chi connectivity index (χ0n) is 17.4. The number of carbonyl (C=O) groups excluding carboxylic acids is 3. The van der Waals surface area contributed by atoms with Crippen LogP contribution in [-0.2, 0) is 28.6 Å². The lowest BCUT2D eigenvalue weighted by Crippen LogP contribution is -2.15. The van der Waals surface area contributed by atoms with Crippen molar-refractivity contribution in [2.75, 3.05) is 20.3 Å². The molecule has 7 heteroatoms. The number of methoxy groups -OCH3 is 1. The Kier molecular flexibility index (Phi) is 20.0. The molecule has 0 aromatic heterocycles. The Hall–Kier alpha value is -2.41. The van der Waals surface area contributed by atoms with Crippen molar-refractivity contribution >= 4 is 17.9 Å². The molecule has 0 aliphatic heterocycles. The van der Waals surface area contributed by atoms with Crippen molar-refractivity contribution in [1.82, 2.24) is 0 Å². The molecule has 0 bridgehead atoms. The fraction of sp³-hybridized carbons (Fsp3) is 0.550. The number of unbranched alkanes of at least 4 members (excludes halogenated alkanes) is 1. The minimum absolute atomic E-state index is 0.0334. The Bertz CT molecular complexity index is 504. The van der Waals surface area contributed by atoms with Crippen LogP contribution >= 0.6 is 0 Å². The Morgan fingerprint density at radius 2 is 1.30 bits per heavy atom. The summed E-state index contributed by atoms with van der Waals surface area (Å²) in [6.07, 6.45) is 1.37. The van der Waals surface area contributed by atoms with Gasteiger partial charge in [-0.05, 0) is 34.1 Å². The highest BCUT2D eigenvalue weighted by Gasteiger charge is 2.04. The van der Waals surface area contributed by atoms with Gasteiger partial charge in [0, 0.05) is 16.7 Å². The Labute approximate surface area is 162 Å². The van der Waals surface area contributed by atoms with Gasteiger partial charge in [-0.3, -0.25) is 0 Å². The third kappa shape index (κ3) is 23.6. The molecule has 0 fully saturated rings. The van der Waals surface area contributed by atoms with Gasteiger partial charge in [0.25, 0.3) is 0 Å². The van der Waals surface area contributed by atoms with E-state index in [4.69, 9.17) is 9.84 Å². The number of aliphatic hydroxyl groups excluding tert-OH is 1. The molecule has 156 valence electrons. The van der Waals surface area contributed by atoms with Crippen LogP contribution in [0.1, 0.15) is 47.5 Å². The van der Waals surface area contributed by atoms with E-state index in [0.717, 1.165) is 12.8 Å². The minimum Gasteiger partial charge on any atom is -0.466 e. The van der Waals surface area contributed by atoms with Gasteiger partial charge in [-0.2, -0.15) is 0 Å². The smallest absolute Gasteiger partial charge is 0.333 e. The molecular weight excluding hydrogens is 352 g/mol. The fourth-order valence-electron chi connectivity index (χ4n) is 0.926. The van der Waals surface area contributed by atoms with E-state index in [1.165, 1.54) is 7.11 Å². The predicted octanol–water partition coefficient (Wildman–Crippen LogP) is 3.13. The van der Waals surface area contributed by atoms with Crippen molar-refractivity contribution in [1.29, 1.82) is 0 Å². The molecule has 0 aromatic rings. The van der Waals surface area contributed by atoms with Crippen molar-refractivity contribution in [3.63, 3.8) is 0 Å². The summed E-state index contributed by atoms with van der Waals surface area (Å²) >= 11 is 0. The van der Waals surface area contributed by atoms with E-state index in [1.807, 2.05) is 0 Å². The number of esters is 3. The van der Waals surface area contributed by atoms with Gasteiger partial charge in [0.1, 0.15) is 6.61 Å². The van der Waals surface area contributed by atoms with Crippen molar-refractivity contribution in [2.24, 2.45) is 0 Å². The van der Waals surface area contributed by atoms with Crippen LogP contribution in [0.5, 0.6) is 0 Å². The van der Waals surface area contributed by atoms with Crippen LogP contribution in [0.25, 0.3) is 0 Å². The van der Waals surface area contributed by atoms with Crippen LogP contribution in [0.4, 0.5) is 0 Å². The summed E-state index contributed by atoms with van der Waals surface area (Å²) in [7, 11) is 1.33. The SMILES string of the molecule is C=C(C)C(=O)OC.C=C(C)C(=O)OCC(C)O.C=C(C)C(=O)OCCCC. The lowest BCUT2D eigenvalue weighted by Gasteiger charge is -2.04. The lowest BCUT2D eigenvalue weighted by atomic mass is 10.3. The summed E-state index contributed by atoms with van der Waals surface area (Å²) in [4.78, 5) is 31.5. The van der Waals surface area contributed by atoms with Gasteiger partial charge < -0.3 is 19.3 Å². The maximum absolute atomic E-state index is 10.7. The van der Waals surface area contributed by atoms with Gasteiger partial charge in [0.15, 0.2) is 0 Å². The van der Waals surface area contributed by atoms with Gasteiger partial charge in [0.05, 0.1) is 19.8 Å². The van der Waals surface area contributed by atoms with Crippen molar-refractivity contribution in [3.8, 4) is 0 Å². The zero-order valence-corrected chi connectivity index (χ0v) is 17.4. The first-order valence-electron chi connectivity index (χ1n) is 8.47. The molecule has 0 aliphatic carbocycles. The van der Waals surface area contributed by atoms with Crippen LogP contribution < -0.4 is 0 Å². The second kappa shape index (κ2) is 18.4. The molecule has 0 heterocycles. The molecule has 1 atom stereocenters. The van der Waals surface area contributed by atoms with Crippen LogP contribution in [-0.4, -0.2) is 49.4 Å². The molecule has 7 nitrogen and oxygen atoms in total. The highest BCUT2D eigenvalue weighted by Crippen LogP contribution is 1.94. The maximum atomic E-state index is 10.7. The van der Waals surface area contributed by atoms with Gasteiger partial charge in [-0.1, -0.05) is 33.1 Å². The minimum atomic E-state index is -0.608. The molecule has 0 radical (unpaired) electrons. The van der Waals surface area contributed by atoms with E-state index in [-0.39, 0.29) is 18.5 Å². The molecule has 27 heavy (non-hydrogen) atoms. The molecule has 0 rings (SSSR count). The molecule has 0 aromatic carbocycles. The van der Waals surface area contributed by atoms with Crippen LogP contribution in [0.3, 0.4) is 0 Å². The standard InChI is InChI=1S/C8H14O2.C7H12O3.C5H8O2/c1-4-5-6-10-8(9)7(2)3;1-5(2)7(9)10-4-6(3)8;1-4(2)5(6)7-3/h2,4-6H2,1,3H3;6,8H,1,4H2,2-3H3;1H2,2-3H3. The number of aliphatic hydroxyl groups is 1. The highest BCUT2D eigenvalue weighted by atomic mass is 16.5. The first-order valence-corrected chi connectivity index (χ1v) is 8.47. The number of hydrogen-bond donors (Lipinski definition) is 1. The molecule has 1 unspecified atom stereocenters. The number of ether oxygens (including phenoxy) is 3. The van der Waals surface area contributed by atoms with Crippen molar-refractivity contribution in [3.05, 3.63) is 36.5 Å². The third-order valence-electron chi connectivity index (χ3n) is 2.42. The molecular formula is C20H34O7. The monoisotopic (exact) mass is 386 g/mol. The average molecular weight is 386 g/mol. The molecule has 0 spiro atoms. The second-order valence-corrected chi connectivity index (χ2v) is 5.77. The Morgan fingerprint density at radius 3 is 1.56 bits per heavy atom. The van der Waals surface area contributed by atoms with Gasteiger partial charge in [-0.15, -0.1) is 0 Å². The summed E-state index contributed by atoms with van der Waals surface area (Å²) in [5.74, 6) is -1.09. The van der Waals surface area contributed by atoms with E-state index in [2.05, 4.69) is 36.1 Å². The quantitative estimate of drug-likeness (QED) is 0.296. The normalized spacial score (nSPS) is 9.89. The van der Waals surface area contributed by atoms with E-state index in [9.17, 15) is 14.4 Å². The van der Waals surface area contributed by atoms with Crippen molar-refractivity contribution < 1.29 is 33.7 Å². The van der Waals surface area contributed by atoms with E-state index >= 15 is 0 Å². The fourth-order valence-corrected chi connectivity index (χ4v) is 0.926. The van der Waals surface area contributed by atoms with E-state index < -0.39 is 12.1 Å². The number of hydrogen-bond acceptors (Lipinski definition) is 7.